The van der Waals surface area contributed by atoms with E-state index in [1.807, 2.05) is 27.7 Å². The van der Waals surface area contributed by atoms with Crippen LogP contribution in [0.25, 0.3) is 0 Å². The Morgan fingerprint density at radius 3 is 2.67 bits per heavy atom. The van der Waals surface area contributed by atoms with Crippen LogP contribution in [-0.2, 0) is 9.53 Å². The van der Waals surface area contributed by atoms with E-state index in [2.05, 4.69) is 4.98 Å². The van der Waals surface area contributed by atoms with Gasteiger partial charge in [-0.1, -0.05) is 11.8 Å². The Kier molecular flexibility index (Phi) is 4.90. The second-order valence-corrected chi connectivity index (χ2v) is 5.85. The van der Waals surface area contributed by atoms with Crippen LogP contribution in [0.15, 0.2) is 17.3 Å². The maximum atomic E-state index is 11.5. The van der Waals surface area contributed by atoms with Crippen molar-refractivity contribution in [2.75, 3.05) is 5.75 Å². The summed E-state index contributed by atoms with van der Waals surface area (Å²) in [4.78, 5) is 26.3. The van der Waals surface area contributed by atoms with Gasteiger partial charge in [0.2, 0.25) is 0 Å². The first kappa shape index (κ1) is 14.7. The number of hydrogen-bond acceptors (Lipinski definition) is 5. The molecular weight excluding hydrogens is 250 g/mol. The topological polar surface area (TPSA) is 56.3 Å². The van der Waals surface area contributed by atoms with Crippen LogP contribution in [0.5, 0.6) is 0 Å². The molecule has 0 saturated heterocycles. The van der Waals surface area contributed by atoms with Crippen LogP contribution < -0.4 is 0 Å². The van der Waals surface area contributed by atoms with E-state index in [0.29, 0.717) is 5.56 Å². The van der Waals surface area contributed by atoms with Crippen LogP contribution in [0.2, 0.25) is 0 Å². The average Bonchev–Trinajstić information content (AvgIpc) is 2.25. The number of pyridine rings is 1. The Bertz CT molecular complexity index is 452. The highest BCUT2D eigenvalue weighted by Gasteiger charge is 2.16. The van der Waals surface area contributed by atoms with Crippen molar-refractivity contribution in [1.29, 1.82) is 0 Å². The summed E-state index contributed by atoms with van der Waals surface area (Å²) < 4.78 is 5.20. The van der Waals surface area contributed by atoms with Crippen molar-refractivity contribution in [3.63, 3.8) is 0 Å². The highest BCUT2D eigenvalue weighted by atomic mass is 32.2. The molecule has 0 N–H and O–H groups in total. The molecule has 0 radical (unpaired) electrons. The first-order valence-electron chi connectivity index (χ1n) is 5.58. The van der Waals surface area contributed by atoms with Crippen LogP contribution in [0.3, 0.4) is 0 Å². The quantitative estimate of drug-likeness (QED) is 0.477. The molecule has 0 bridgehead atoms. The molecule has 4 nitrogen and oxygen atoms in total. The van der Waals surface area contributed by atoms with Gasteiger partial charge in [-0.3, -0.25) is 9.59 Å². The van der Waals surface area contributed by atoms with E-state index in [9.17, 15) is 9.59 Å². The molecule has 1 aromatic heterocycles. The van der Waals surface area contributed by atoms with Crippen LogP contribution >= 0.6 is 11.8 Å². The fourth-order valence-corrected chi connectivity index (χ4v) is 2.03. The number of carbonyl (C=O) groups excluding carboxylic acids is 2. The molecule has 0 spiro atoms. The van der Waals surface area contributed by atoms with Gasteiger partial charge in [0.25, 0.3) is 0 Å². The zero-order valence-electron chi connectivity index (χ0n) is 11.0. The molecule has 0 saturated carbocycles. The number of carbonyl (C=O) groups is 2. The molecule has 1 rings (SSSR count). The minimum atomic E-state index is -0.471. The lowest BCUT2D eigenvalue weighted by Gasteiger charge is -2.19. The van der Waals surface area contributed by atoms with E-state index in [-0.39, 0.29) is 11.7 Å². The smallest absolute Gasteiger partial charge is 0.316 e. The predicted octanol–water partition coefficient (Wildman–Crippen LogP) is 2.64. The van der Waals surface area contributed by atoms with Crippen molar-refractivity contribution in [3.05, 3.63) is 23.4 Å². The number of thioether (sulfide) groups is 1. The minimum Gasteiger partial charge on any atom is -0.459 e. The van der Waals surface area contributed by atoms with Gasteiger partial charge in [0.05, 0.1) is 10.8 Å². The van der Waals surface area contributed by atoms with Crippen molar-refractivity contribution >= 4 is 24.0 Å². The number of aryl methyl sites for hydroxylation is 1. The maximum Gasteiger partial charge on any atom is 0.316 e. The van der Waals surface area contributed by atoms with Crippen molar-refractivity contribution < 1.29 is 14.3 Å². The number of aromatic nitrogens is 1. The van der Waals surface area contributed by atoms with Gasteiger partial charge in [0, 0.05) is 11.8 Å². The van der Waals surface area contributed by atoms with Gasteiger partial charge in [-0.05, 0) is 39.3 Å². The lowest BCUT2D eigenvalue weighted by Crippen LogP contribution is -2.24. The van der Waals surface area contributed by atoms with Crippen molar-refractivity contribution in [1.82, 2.24) is 4.98 Å². The minimum absolute atomic E-state index is 0.214. The van der Waals surface area contributed by atoms with Gasteiger partial charge in [0.1, 0.15) is 5.60 Å². The molecule has 0 fully saturated rings. The number of hydrogen-bond donors (Lipinski definition) is 0. The number of ether oxygens (including phenoxy) is 1. The summed E-state index contributed by atoms with van der Waals surface area (Å²) in [5.74, 6) is -0.0564. The van der Waals surface area contributed by atoms with Crippen LogP contribution in [-0.4, -0.2) is 28.6 Å². The third kappa shape index (κ3) is 4.87. The SMILES string of the molecule is Cc1cc(C=O)cnc1SCC(=O)OC(C)(C)C. The second kappa shape index (κ2) is 6.00. The summed E-state index contributed by atoms with van der Waals surface area (Å²) in [6.45, 7) is 7.35. The van der Waals surface area contributed by atoms with E-state index in [0.717, 1.165) is 16.9 Å². The van der Waals surface area contributed by atoms with Gasteiger partial charge in [-0.2, -0.15) is 0 Å². The highest BCUT2D eigenvalue weighted by Crippen LogP contribution is 2.21. The van der Waals surface area contributed by atoms with E-state index in [4.69, 9.17) is 4.74 Å². The molecule has 98 valence electrons. The highest BCUT2D eigenvalue weighted by molar-refractivity contribution is 7.99. The molecule has 0 aromatic carbocycles. The van der Waals surface area contributed by atoms with Gasteiger partial charge >= 0.3 is 5.97 Å². The van der Waals surface area contributed by atoms with Gasteiger partial charge in [-0.25, -0.2) is 4.98 Å². The predicted molar refractivity (Wildman–Crippen MR) is 70.9 cm³/mol. The van der Waals surface area contributed by atoms with E-state index >= 15 is 0 Å². The third-order valence-electron chi connectivity index (χ3n) is 1.93. The molecule has 0 aliphatic heterocycles. The number of aldehydes is 1. The number of nitrogens with zero attached hydrogens (tertiary/aromatic N) is 1. The molecular formula is C13H17NO3S. The lowest BCUT2D eigenvalue weighted by atomic mass is 10.2. The van der Waals surface area contributed by atoms with Crippen molar-refractivity contribution in [3.8, 4) is 0 Å². The molecule has 0 amide bonds. The fourth-order valence-electron chi connectivity index (χ4n) is 1.30. The van der Waals surface area contributed by atoms with Gasteiger partial charge < -0.3 is 4.74 Å². The maximum absolute atomic E-state index is 11.5. The molecule has 0 unspecified atom stereocenters. The first-order valence-corrected chi connectivity index (χ1v) is 6.57. The molecule has 0 aliphatic rings. The van der Waals surface area contributed by atoms with E-state index in [1.54, 1.807) is 6.07 Å². The molecule has 0 atom stereocenters. The Balaban J connectivity index is 2.59. The first-order chi connectivity index (χ1) is 8.31. The molecule has 18 heavy (non-hydrogen) atoms. The molecule has 0 aliphatic carbocycles. The summed E-state index contributed by atoms with van der Waals surface area (Å²) in [6.07, 6.45) is 2.25. The summed E-state index contributed by atoms with van der Waals surface area (Å²) in [5.41, 5.74) is 0.948. The van der Waals surface area contributed by atoms with E-state index < -0.39 is 5.60 Å². The van der Waals surface area contributed by atoms with Crippen LogP contribution in [0.1, 0.15) is 36.7 Å². The third-order valence-corrected chi connectivity index (χ3v) is 3.02. The van der Waals surface area contributed by atoms with Gasteiger partial charge in [-0.15, -0.1) is 0 Å². The molecule has 1 heterocycles. The van der Waals surface area contributed by atoms with E-state index in [1.165, 1.54) is 18.0 Å². The van der Waals surface area contributed by atoms with Crippen molar-refractivity contribution in [2.24, 2.45) is 0 Å². The lowest BCUT2D eigenvalue weighted by molar-refractivity contribution is -0.151. The van der Waals surface area contributed by atoms with Crippen molar-refractivity contribution in [2.45, 2.75) is 38.3 Å². The summed E-state index contributed by atoms with van der Waals surface area (Å²) in [5, 5.41) is 0.742. The Hall–Kier alpha value is -1.36. The zero-order valence-corrected chi connectivity index (χ0v) is 11.8. The average molecular weight is 267 g/mol. The Labute approximate surface area is 111 Å². The largest absolute Gasteiger partial charge is 0.459 e. The summed E-state index contributed by atoms with van der Waals surface area (Å²) in [6, 6.07) is 1.75. The Morgan fingerprint density at radius 2 is 2.17 bits per heavy atom. The second-order valence-electron chi connectivity index (χ2n) is 4.88. The normalized spacial score (nSPS) is 11.1. The number of esters is 1. The summed E-state index contributed by atoms with van der Waals surface area (Å²) >= 11 is 1.31. The van der Waals surface area contributed by atoms with Crippen LogP contribution in [0.4, 0.5) is 0 Å². The molecule has 1 aromatic rings. The van der Waals surface area contributed by atoms with Crippen LogP contribution in [0, 0.1) is 6.92 Å². The zero-order chi connectivity index (χ0) is 13.8. The standard InChI is InChI=1S/C13H17NO3S/c1-9-5-10(7-15)6-14-12(9)18-8-11(16)17-13(2,3)4/h5-7H,8H2,1-4H3. The molecule has 5 heteroatoms. The fraction of sp³-hybridized carbons (Fsp3) is 0.462. The van der Waals surface area contributed by atoms with Gasteiger partial charge in [0.15, 0.2) is 6.29 Å². The summed E-state index contributed by atoms with van der Waals surface area (Å²) in [7, 11) is 0. The Morgan fingerprint density at radius 1 is 1.50 bits per heavy atom. The monoisotopic (exact) mass is 267 g/mol. The number of rotatable bonds is 4.